The summed E-state index contributed by atoms with van der Waals surface area (Å²) in [5.41, 5.74) is 2.34. The standard InChI is InChI=1S/C26H31N3O5/c30-16-23-25-21(14-19(33-23)15-24(31)29-11-5-2-6-12-29)20-13-18(9-10-22(20)34-25)28-26(32)27-17-7-3-1-4-8-17/h1,3-4,7-10,13,19,21,23,25,30H,2,5-6,11-12,14-16H2,(H2,27,28,32)/t19-,21-,23+,25+/m0/s1. The summed E-state index contributed by atoms with van der Waals surface area (Å²) in [7, 11) is 0. The van der Waals surface area contributed by atoms with Gasteiger partial charge in [0.2, 0.25) is 5.91 Å². The number of piperidine rings is 1. The normalized spacial score (nSPS) is 25.6. The summed E-state index contributed by atoms with van der Waals surface area (Å²) in [6.07, 6.45) is 3.14. The van der Waals surface area contributed by atoms with Crippen LogP contribution in [0.1, 0.15) is 43.6 Å². The van der Waals surface area contributed by atoms with E-state index in [-0.39, 0.29) is 36.7 Å². The zero-order chi connectivity index (χ0) is 23.5. The van der Waals surface area contributed by atoms with E-state index in [1.807, 2.05) is 47.4 Å². The number of aliphatic hydroxyl groups is 1. The van der Waals surface area contributed by atoms with Gasteiger partial charge in [0.1, 0.15) is 18.0 Å². The Morgan fingerprint density at radius 1 is 1.00 bits per heavy atom. The number of carbonyl (C=O) groups excluding carboxylic acids is 2. The molecule has 3 N–H and O–H groups in total. The van der Waals surface area contributed by atoms with Gasteiger partial charge < -0.3 is 30.1 Å². The van der Waals surface area contributed by atoms with Crippen LogP contribution < -0.4 is 15.4 Å². The molecule has 0 spiro atoms. The Balaban J connectivity index is 1.28. The first-order valence-electron chi connectivity index (χ1n) is 12.1. The number of urea groups is 1. The molecule has 0 bridgehead atoms. The molecule has 0 aromatic heterocycles. The van der Waals surface area contributed by atoms with Gasteiger partial charge in [-0.1, -0.05) is 18.2 Å². The van der Waals surface area contributed by atoms with Crippen LogP contribution in [-0.2, 0) is 9.53 Å². The highest BCUT2D eigenvalue weighted by Gasteiger charge is 2.46. The van der Waals surface area contributed by atoms with Crippen molar-refractivity contribution >= 4 is 23.3 Å². The van der Waals surface area contributed by atoms with Gasteiger partial charge in [-0.25, -0.2) is 4.79 Å². The number of ether oxygens (including phenoxy) is 2. The van der Waals surface area contributed by atoms with Crippen molar-refractivity contribution in [2.75, 3.05) is 30.3 Å². The van der Waals surface area contributed by atoms with Crippen LogP contribution in [0.4, 0.5) is 16.2 Å². The lowest BCUT2D eigenvalue weighted by molar-refractivity contribution is -0.149. The fourth-order valence-electron chi connectivity index (χ4n) is 5.25. The monoisotopic (exact) mass is 465 g/mol. The van der Waals surface area contributed by atoms with Crippen LogP contribution in [-0.4, -0.2) is 60.0 Å². The van der Waals surface area contributed by atoms with Crippen molar-refractivity contribution in [3.05, 3.63) is 54.1 Å². The molecule has 2 fully saturated rings. The van der Waals surface area contributed by atoms with Gasteiger partial charge in [-0.05, 0) is 56.0 Å². The van der Waals surface area contributed by atoms with Gasteiger partial charge in [-0.15, -0.1) is 0 Å². The van der Waals surface area contributed by atoms with E-state index in [1.165, 1.54) is 6.42 Å². The minimum atomic E-state index is -0.497. The number of fused-ring (bicyclic) bond motifs is 3. The zero-order valence-corrected chi connectivity index (χ0v) is 19.1. The number of rotatable bonds is 5. The molecule has 0 unspecified atom stereocenters. The Morgan fingerprint density at radius 3 is 2.53 bits per heavy atom. The minimum Gasteiger partial charge on any atom is -0.487 e. The lowest BCUT2D eigenvalue weighted by Gasteiger charge is -2.38. The molecule has 4 atom stereocenters. The first-order valence-corrected chi connectivity index (χ1v) is 12.1. The first kappa shape index (κ1) is 22.7. The largest absolute Gasteiger partial charge is 0.487 e. The number of amides is 3. The number of nitrogens with zero attached hydrogens (tertiary/aromatic N) is 1. The summed E-state index contributed by atoms with van der Waals surface area (Å²) in [5.74, 6) is 0.833. The molecule has 3 amide bonds. The molecule has 0 saturated carbocycles. The number of para-hydroxylation sites is 1. The predicted octanol–water partition coefficient (Wildman–Crippen LogP) is 3.73. The van der Waals surface area contributed by atoms with Crippen LogP contribution in [0.3, 0.4) is 0 Å². The molecule has 3 heterocycles. The van der Waals surface area contributed by atoms with Gasteiger partial charge in [0.05, 0.1) is 19.1 Å². The summed E-state index contributed by atoms with van der Waals surface area (Å²) < 4.78 is 12.2. The van der Waals surface area contributed by atoms with Crippen LogP contribution in [0.25, 0.3) is 0 Å². The maximum Gasteiger partial charge on any atom is 0.323 e. The van der Waals surface area contributed by atoms with Crippen LogP contribution in [0.5, 0.6) is 5.75 Å². The Kier molecular flexibility index (Phi) is 6.69. The average Bonchev–Trinajstić information content (AvgIpc) is 3.22. The number of nitrogens with one attached hydrogen (secondary N) is 2. The van der Waals surface area contributed by atoms with Crippen molar-refractivity contribution in [2.45, 2.75) is 56.3 Å². The second-order valence-electron chi connectivity index (χ2n) is 9.25. The third-order valence-corrected chi connectivity index (χ3v) is 6.90. The lowest BCUT2D eigenvalue weighted by Crippen LogP contribution is -2.48. The summed E-state index contributed by atoms with van der Waals surface area (Å²) in [4.78, 5) is 27.2. The molecule has 0 radical (unpaired) electrons. The quantitative estimate of drug-likeness (QED) is 0.625. The van der Waals surface area contributed by atoms with Gasteiger partial charge in [-0.3, -0.25) is 4.79 Å². The van der Waals surface area contributed by atoms with Crippen molar-refractivity contribution in [2.24, 2.45) is 0 Å². The van der Waals surface area contributed by atoms with Gasteiger partial charge in [0.15, 0.2) is 0 Å². The Hall–Kier alpha value is -3.10. The summed E-state index contributed by atoms with van der Waals surface area (Å²) in [6, 6.07) is 14.5. The molecule has 34 heavy (non-hydrogen) atoms. The van der Waals surface area contributed by atoms with Crippen molar-refractivity contribution < 1.29 is 24.2 Å². The zero-order valence-electron chi connectivity index (χ0n) is 19.1. The third-order valence-electron chi connectivity index (χ3n) is 6.90. The smallest absolute Gasteiger partial charge is 0.323 e. The molecular weight excluding hydrogens is 434 g/mol. The number of benzene rings is 2. The predicted molar refractivity (Wildman–Crippen MR) is 128 cm³/mol. The van der Waals surface area contributed by atoms with Crippen molar-refractivity contribution in [1.29, 1.82) is 0 Å². The van der Waals surface area contributed by atoms with E-state index in [0.717, 1.165) is 37.2 Å². The molecule has 8 heteroatoms. The molecule has 3 aliphatic heterocycles. The van der Waals surface area contributed by atoms with E-state index in [0.29, 0.717) is 24.2 Å². The molecule has 8 nitrogen and oxygen atoms in total. The molecule has 180 valence electrons. The van der Waals surface area contributed by atoms with E-state index < -0.39 is 6.10 Å². The number of likely N-dealkylation sites (tertiary alicyclic amines) is 1. The van der Waals surface area contributed by atoms with Gasteiger partial charge >= 0.3 is 6.03 Å². The van der Waals surface area contributed by atoms with Gasteiger partial charge in [0.25, 0.3) is 0 Å². The highest BCUT2D eigenvalue weighted by molar-refractivity contribution is 5.99. The Labute approximate surface area is 199 Å². The SMILES string of the molecule is O=C(Nc1ccccc1)Nc1ccc2c(c1)[C@@H]1C[C@@H](CC(=O)N3CCCCC3)O[C@H](CO)[C@@H]1O2. The fraction of sp³-hybridized carbons (Fsp3) is 0.462. The van der Waals surface area contributed by atoms with Crippen molar-refractivity contribution in [3.63, 3.8) is 0 Å². The minimum absolute atomic E-state index is 0.0148. The van der Waals surface area contributed by atoms with E-state index in [2.05, 4.69) is 10.6 Å². The molecule has 2 saturated heterocycles. The van der Waals surface area contributed by atoms with E-state index >= 15 is 0 Å². The molecule has 2 aromatic carbocycles. The van der Waals surface area contributed by atoms with Gasteiger partial charge in [-0.2, -0.15) is 0 Å². The number of hydrogen-bond donors (Lipinski definition) is 3. The number of hydrogen-bond acceptors (Lipinski definition) is 5. The molecular formula is C26H31N3O5. The topological polar surface area (TPSA) is 100 Å². The summed E-state index contributed by atoms with van der Waals surface area (Å²) >= 11 is 0. The molecule has 2 aromatic rings. The van der Waals surface area contributed by atoms with Crippen LogP contribution in [0, 0.1) is 0 Å². The van der Waals surface area contributed by atoms with Crippen LogP contribution in [0.2, 0.25) is 0 Å². The third kappa shape index (κ3) is 4.88. The number of aliphatic hydroxyl groups excluding tert-OH is 1. The molecule has 3 aliphatic rings. The first-order chi connectivity index (χ1) is 16.6. The van der Waals surface area contributed by atoms with Crippen molar-refractivity contribution in [1.82, 2.24) is 4.90 Å². The van der Waals surface area contributed by atoms with Crippen LogP contribution >= 0.6 is 0 Å². The van der Waals surface area contributed by atoms with E-state index in [1.54, 1.807) is 6.07 Å². The highest BCUT2D eigenvalue weighted by Crippen LogP contribution is 2.47. The maximum atomic E-state index is 12.8. The van der Waals surface area contributed by atoms with Gasteiger partial charge in [0, 0.05) is 35.9 Å². The molecule has 5 rings (SSSR count). The fourth-order valence-corrected chi connectivity index (χ4v) is 5.25. The summed E-state index contributed by atoms with van der Waals surface area (Å²) in [5, 5.41) is 15.7. The number of carbonyl (C=O) groups is 2. The number of anilines is 2. The van der Waals surface area contributed by atoms with Crippen molar-refractivity contribution in [3.8, 4) is 5.75 Å². The second-order valence-corrected chi connectivity index (χ2v) is 9.25. The lowest BCUT2D eigenvalue weighted by atomic mass is 9.84. The highest BCUT2D eigenvalue weighted by atomic mass is 16.6. The Morgan fingerprint density at radius 2 is 1.76 bits per heavy atom. The Bertz CT molecular complexity index is 1020. The van der Waals surface area contributed by atoms with Crippen LogP contribution in [0.15, 0.2) is 48.5 Å². The maximum absolute atomic E-state index is 12.8. The molecule has 0 aliphatic carbocycles. The average molecular weight is 466 g/mol. The second kappa shape index (κ2) is 10.0. The van der Waals surface area contributed by atoms with E-state index in [9.17, 15) is 14.7 Å². The van der Waals surface area contributed by atoms with E-state index in [4.69, 9.17) is 9.47 Å². The summed E-state index contributed by atoms with van der Waals surface area (Å²) in [6.45, 7) is 1.45.